The molecule has 200 valence electrons. The molecule has 0 bridgehead atoms. The quantitative estimate of drug-likeness (QED) is 0.434. The average molecular weight is 534 g/mol. The highest BCUT2D eigenvalue weighted by atomic mass is 16.5. The number of anilines is 1. The van der Waals surface area contributed by atoms with Crippen LogP contribution in [0.2, 0.25) is 0 Å². The SMILES string of the molecule is O=C1COc2ccc(C(=O)N3CCc4c(cccc4C(=O)N4CCc5c(cnn5-c5ccccc5)C4)C3)cc2N1. The third-order valence-electron chi connectivity index (χ3n) is 7.87. The highest BCUT2D eigenvalue weighted by molar-refractivity contribution is 6.00. The summed E-state index contributed by atoms with van der Waals surface area (Å²) in [5.41, 5.74) is 6.92. The summed E-state index contributed by atoms with van der Waals surface area (Å²) in [7, 11) is 0. The highest BCUT2D eigenvalue weighted by Crippen LogP contribution is 2.31. The molecule has 3 amide bonds. The summed E-state index contributed by atoms with van der Waals surface area (Å²) in [4.78, 5) is 42.5. The van der Waals surface area contributed by atoms with Crippen molar-refractivity contribution in [2.45, 2.75) is 25.9 Å². The lowest BCUT2D eigenvalue weighted by Crippen LogP contribution is -2.39. The summed E-state index contributed by atoms with van der Waals surface area (Å²) in [6.07, 6.45) is 3.20. The van der Waals surface area contributed by atoms with Crippen molar-refractivity contribution in [2.24, 2.45) is 0 Å². The van der Waals surface area contributed by atoms with Gasteiger partial charge >= 0.3 is 0 Å². The van der Waals surface area contributed by atoms with Crippen LogP contribution >= 0.6 is 0 Å². The number of aromatic nitrogens is 2. The van der Waals surface area contributed by atoms with Gasteiger partial charge in [0.05, 0.1) is 23.3 Å². The molecule has 0 aliphatic carbocycles. The van der Waals surface area contributed by atoms with Gasteiger partial charge in [-0.2, -0.15) is 5.10 Å². The second-order valence-corrected chi connectivity index (χ2v) is 10.3. The van der Waals surface area contributed by atoms with Gasteiger partial charge in [0.2, 0.25) is 0 Å². The zero-order valence-corrected chi connectivity index (χ0v) is 21.8. The number of amides is 3. The number of para-hydroxylation sites is 1. The maximum atomic E-state index is 13.7. The monoisotopic (exact) mass is 533 g/mol. The van der Waals surface area contributed by atoms with Gasteiger partial charge < -0.3 is 19.9 Å². The summed E-state index contributed by atoms with van der Waals surface area (Å²) in [5, 5.41) is 7.35. The van der Waals surface area contributed by atoms with Crippen LogP contribution in [-0.4, -0.2) is 57.0 Å². The molecule has 0 saturated heterocycles. The van der Waals surface area contributed by atoms with Crippen LogP contribution < -0.4 is 10.1 Å². The fourth-order valence-corrected chi connectivity index (χ4v) is 5.85. The van der Waals surface area contributed by atoms with Gasteiger partial charge in [-0.1, -0.05) is 30.3 Å². The summed E-state index contributed by atoms with van der Waals surface area (Å²) in [6, 6.07) is 20.9. The number of benzene rings is 3. The Morgan fingerprint density at radius 1 is 0.850 bits per heavy atom. The zero-order valence-electron chi connectivity index (χ0n) is 21.8. The lowest BCUT2D eigenvalue weighted by atomic mass is 9.93. The molecule has 3 aliphatic rings. The molecule has 0 atom stereocenters. The van der Waals surface area contributed by atoms with E-state index in [9.17, 15) is 14.4 Å². The number of nitrogens with one attached hydrogen (secondary N) is 1. The minimum atomic E-state index is -0.240. The maximum absolute atomic E-state index is 13.7. The van der Waals surface area contributed by atoms with Gasteiger partial charge in [-0.25, -0.2) is 4.68 Å². The first-order valence-corrected chi connectivity index (χ1v) is 13.4. The van der Waals surface area contributed by atoms with E-state index in [1.807, 2.05) is 64.3 Å². The smallest absolute Gasteiger partial charge is 0.262 e. The van der Waals surface area contributed by atoms with Crippen LogP contribution in [0.1, 0.15) is 43.1 Å². The molecule has 4 heterocycles. The fraction of sp³-hybridized carbons (Fsp3) is 0.226. The molecule has 1 aromatic heterocycles. The molecule has 0 fully saturated rings. The van der Waals surface area contributed by atoms with Crippen LogP contribution in [0.5, 0.6) is 5.75 Å². The molecule has 0 radical (unpaired) electrons. The van der Waals surface area contributed by atoms with Crippen LogP contribution in [0.15, 0.2) is 72.9 Å². The molecule has 3 aromatic carbocycles. The molecular formula is C31H27N5O4. The molecule has 3 aliphatic heterocycles. The molecule has 9 nitrogen and oxygen atoms in total. The van der Waals surface area contributed by atoms with Gasteiger partial charge in [-0.15, -0.1) is 0 Å². The van der Waals surface area contributed by atoms with Crippen LogP contribution in [0.25, 0.3) is 5.69 Å². The molecule has 0 saturated carbocycles. The molecule has 1 N–H and O–H groups in total. The second kappa shape index (κ2) is 9.68. The predicted molar refractivity (Wildman–Crippen MR) is 147 cm³/mol. The molecule has 0 unspecified atom stereocenters. The van der Waals surface area contributed by atoms with Crippen molar-refractivity contribution in [1.29, 1.82) is 0 Å². The fourth-order valence-electron chi connectivity index (χ4n) is 5.85. The van der Waals surface area contributed by atoms with Crippen LogP contribution in [0, 0.1) is 0 Å². The number of nitrogens with zero attached hydrogens (tertiary/aromatic N) is 4. The Morgan fingerprint density at radius 3 is 2.52 bits per heavy atom. The summed E-state index contributed by atoms with van der Waals surface area (Å²) in [5.74, 6) is 0.209. The number of carbonyl (C=O) groups is 3. The van der Waals surface area contributed by atoms with Gasteiger partial charge in [0.1, 0.15) is 5.75 Å². The van der Waals surface area contributed by atoms with Gasteiger partial charge in [-0.3, -0.25) is 14.4 Å². The standard InChI is InChI=1S/C31H27N5O4/c37-29-19-40-28-10-9-20(15-26(28)33-29)30(38)34-13-11-24-21(17-34)5-4-8-25(24)31(39)35-14-12-27-22(18-35)16-32-36(27)23-6-2-1-3-7-23/h1-10,15-16H,11-14,17-19H2,(H,33,37). The Balaban J connectivity index is 1.08. The predicted octanol–water partition coefficient (Wildman–Crippen LogP) is 3.60. The van der Waals surface area contributed by atoms with Crippen LogP contribution in [0.3, 0.4) is 0 Å². The average Bonchev–Trinajstić information content (AvgIpc) is 3.43. The third-order valence-corrected chi connectivity index (χ3v) is 7.87. The highest BCUT2D eigenvalue weighted by Gasteiger charge is 2.30. The van der Waals surface area contributed by atoms with Crippen LogP contribution in [-0.2, 0) is 30.7 Å². The minimum absolute atomic E-state index is 0.0140. The number of ether oxygens (including phenoxy) is 1. The second-order valence-electron chi connectivity index (χ2n) is 10.3. The topological polar surface area (TPSA) is 96.8 Å². The number of hydrogen-bond donors (Lipinski definition) is 1. The third kappa shape index (κ3) is 4.20. The van der Waals surface area contributed by atoms with Crippen molar-refractivity contribution in [1.82, 2.24) is 19.6 Å². The van der Waals surface area contributed by atoms with E-state index >= 15 is 0 Å². The van der Waals surface area contributed by atoms with E-state index in [1.54, 1.807) is 23.1 Å². The van der Waals surface area contributed by atoms with E-state index in [0.717, 1.165) is 34.5 Å². The molecule has 0 spiro atoms. The first kappa shape index (κ1) is 24.1. The Hall–Kier alpha value is -4.92. The van der Waals surface area contributed by atoms with Crippen molar-refractivity contribution in [3.05, 3.63) is 106 Å². The Bertz CT molecular complexity index is 1660. The van der Waals surface area contributed by atoms with E-state index < -0.39 is 0 Å². The Labute approximate surface area is 231 Å². The van der Waals surface area contributed by atoms with Gasteiger partial charge in [0.25, 0.3) is 17.7 Å². The summed E-state index contributed by atoms with van der Waals surface area (Å²) >= 11 is 0. The number of hydrogen-bond acceptors (Lipinski definition) is 5. The van der Waals surface area contributed by atoms with Crippen molar-refractivity contribution in [3.63, 3.8) is 0 Å². The van der Waals surface area contributed by atoms with Crippen LogP contribution in [0.4, 0.5) is 5.69 Å². The van der Waals surface area contributed by atoms with Crippen molar-refractivity contribution in [3.8, 4) is 11.4 Å². The van der Waals surface area contributed by atoms with E-state index in [0.29, 0.717) is 55.2 Å². The van der Waals surface area contributed by atoms with E-state index in [4.69, 9.17) is 4.74 Å². The number of carbonyl (C=O) groups excluding carboxylic acids is 3. The molecule has 40 heavy (non-hydrogen) atoms. The molecular weight excluding hydrogens is 506 g/mol. The largest absolute Gasteiger partial charge is 0.482 e. The number of rotatable bonds is 3. The van der Waals surface area contributed by atoms with E-state index in [-0.39, 0.29) is 24.3 Å². The first-order chi connectivity index (χ1) is 19.5. The lowest BCUT2D eigenvalue weighted by Gasteiger charge is -2.32. The van der Waals surface area contributed by atoms with Crippen molar-refractivity contribution >= 4 is 23.4 Å². The van der Waals surface area contributed by atoms with Crippen molar-refractivity contribution < 1.29 is 19.1 Å². The van der Waals surface area contributed by atoms with E-state index in [2.05, 4.69) is 10.4 Å². The normalized spacial score (nSPS) is 15.8. The first-order valence-electron chi connectivity index (χ1n) is 13.4. The minimum Gasteiger partial charge on any atom is -0.482 e. The Kier molecular flexibility index (Phi) is 5.84. The van der Waals surface area contributed by atoms with E-state index in [1.165, 1.54) is 0 Å². The molecule has 9 heteroatoms. The van der Waals surface area contributed by atoms with Gasteiger partial charge in [0.15, 0.2) is 6.61 Å². The van der Waals surface area contributed by atoms with Crippen molar-refractivity contribution in [2.75, 3.05) is 25.0 Å². The lowest BCUT2D eigenvalue weighted by molar-refractivity contribution is -0.118. The summed E-state index contributed by atoms with van der Waals surface area (Å²) < 4.78 is 7.38. The zero-order chi connectivity index (χ0) is 27.2. The Morgan fingerprint density at radius 2 is 1.65 bits per heavy atom. The van der Waals surface area contributed by atoms with Gasteiger partial charge in [-0.05, 0) is 53.9 Å². The summed E-state index contributed by atoms with van der Waals surface area (Å²) in [6.45, 7) is 2.04. The van der Waals surface area contributed by atoms with Gasteiger partial charge in [0, 0.05) is 49.3 Å². The molecule has 7 rings (SSSR count). The molecule has 4 aromatic rings. The maximum Gasteiger partial charge on any atom is 0.262 e. The number of fused-ring (bicyclic) bond motifs is 3.